The van der Waals surface area contributed by atoms with E-state index in [9.17, 15) is 4.79 Å². The smallest absolute Gasteiger partial charge is 0.320 e. The van der Waals surface area contributed by atoms with E-state index in [1.54, 1.807) is 7.05 Å². The number of carboxylic acid groups (broad SMARTS) is 1. The molecule has 6 nitrogen and oxygen atoms in total. The van der Waals surface area contributed by atoms with Gasteiger partial charge in [-0.15, -0.1) is 0 Å². The van der Waals surface area contributed by atoms with Crippen LogP contribution >= 0.6 is 0 Å². The highest BCUT2D eigenvalue weighted by Crippen LogP contribution is 2.19. The summed E-state index contributed by atoms with van der Waals surface area (Å²) in [6.45, 7) is 0. The van der Waals surface area contributed by atoms with Crippen molar-refractivity contribution in [2.75, 3.05) is 12.4 Å². The van der Waals surface area contributed by atoms with Crippen molar-refractivity contribution in [1.82, 2.24) is 9.97 Å². The predicted molar refractivity (Wildman–Crippen MR) is 76.3 cm³/mol. The lowest BCUT2D eigenvalue weighted by Gasteiger charge is -2.08. The summed E-state index contributed by atoms with van der Waals surface area (Å²) >= 11 is 0. The van der Waals surface area contributed by atoms with E-state index in [0.717, 1.165) is 22.6 Å². The quantitative estimate of drug-likeness (QED) is 0.754. The first kappa shape index (κ1) is 14.0. The molecule has 4 N–H and O–H groups in total. The molecule has 0 radical (unpaired) electrons. The molecule has 1 heterocycles. The van der Waals surface area contributed by atoms with Crippen LogP contribution in [-0.4, -0.2) is 34.1 Å². The lowest BCUT2D eigenvalue weighted by Crippen LogP contribution is -2.32. The van der Waals surface area contributed by atoms with Crippen LogP contribution in [0, 0.1) is 0 Å². The van der Waals surface area contributed by atoms with Crippen LogP contribution < -0.4 is 11.1 Å². The van der Waals surface area contributed by atoms with Gasteiger partial charge in [0, 0.05) is 18.7 Å². The Morgan fingerprint density at radius 1 is 1.35 bits per heavy atom. The van der Waals surface area contributed by atoms with Gasteiger partial charge in [-0.05, 0) is 12.0 Å². The number of nitrogens with zero attached hydrogens (tertiary/aromatic N) is 2. The highest BCUT2D eigenvalue weighted by Gasteiger charge is 2.12. The maximum atomic E-state index is 10.7. The van der Waals surface area contributed by atoms with E-state index < -0.39 is 12.0 Å². The fraction of sp³-hybridized carbons (Fsp3) is 0.214. The number of carbonyl (C=O) groups is 1. The average Bonchev–Trinajstić information content (AvgIpc) is 2.48. The standard InChI is InChI=1S/C14H16N4O2/c1-16-13-7-12(17-8-18-13)10-4-2-9(3-5-10)6-11(15)14(19)20/h2-5,7-8,11H,6,15H2,1H3,(H,19,20)(H,16,17,18). The molecule has 1 aromatic carbocycles. The van der Waals surface area contributed by atoms with E-state index in [4.69, 9.17) is 10.8 Å². The molecular weight excluding hydrogens is 256 g/mol. The molecule has 2 rings (SSSR count). The Kier molecular flexibility index (Phi) is 4.27. The summed E-state index contributed by atoms with van der Waals surface area (Å²) in [6, 6.07) is 8.48. The van der Waals surface area contributed by atoms with Gasteiger partial charge in [0.15, 0.2) is 0 Å². The Labute approximate surface area is 116 Å². The molecule has 0 aliphatic carbocycles. The third kappa shape index (κ3) is 3.30. The number of aromatic nitrogens is 2. The van der Waals surface area contributed by atoms with Crippen molar-refractivity contribution in [2.45, 2.75) is 12.5 Å². The second-order valence-corrected chi connectivity index (χ2v) is 4.38. The molecule has 1 atom stereocenters. The van der Waals surface area contributed by atoms with Crippen LogP contribution in [0.25, 0.3) is 11.3 Å². The number of benzene rings is 1. The van der Waals surface area contributed by atoms with Crippen LogP contribution in [0.3, 0.4) is 0 Å². The molecule has 0 spiro atoms. The van der Waals surface area contributed by atoms with Gasteiger partial charge < -0.3 is 16.2 Å². The van der Waals surface area contributed by atoms with Crippen LogP contribution in [0.5, 0.6) is 0 Å². The molecule has 0 aliphatic rings. The predicted octanol–water partition coefficient (Wildman–Crippen LogP) is 1.14. The molecule has 0 bridgehead atoms. The van der Waals surface area contributed by atoms with Gasteiger partial charge in [-0.2, -0.15) is 0 Å². The number of anilines is 1. The van der Waals surface area contributed by atoms with E-state index in [-0.39, 0.29) is 0 Å². The molecule has 1 unspecified atom stereocenters. The van der Waals surface area contributed by atoms with E-state index in [2.05, 4.69) is 15.3 Å². The molecular formula is C14H16N4O2. The SMILES string of the molecule is CNc1cc(-c2ccc(CC(N)C(=O)O)cc2)ncn1. The van der Waals surface area contributed by atoms with Gasteiger partial charge in [0.1, 0.15) is 18.2 Å². The molecule has 20 heavy (non-hydrogen) atoms. The Morgan fingerprint density at radius 3 is 2.65 bits per heavy atom. The fourth-order valence-corrected chi connectivity index (χ4v) is 1.80. The maximum Gasteiger partial charge on any atom is 0.320 e. The zero-order valence-electron chi connectivity index (χ0n) is 11.1. The fourth-order valence-electron chi connectivity index (χ4n) is 1.80. The van der Waals surface area contributed by atoms with Gasteiger partial charge >= 0.3 is 5.97 Å². The zero-order chi connectivity index (χ0) is 14.5. The molecule has 0 aliphatic heterocycles. The van der Waals surface area contributed by atoms with E-state index in [1.807, 2.05) is 30.3 Å². The molecule has 0 saturated heterocycles. The summed E-state index contributed by atoms with van der Waals surface area (Å²) in [5.41, 5.74) is 8.13. The number of hydrogen-bond acceptors (Lipinski definition) is 5. The maximum absolute atomic E-state index is 10.7. The van der Waals surface area contributed by atoms with Gasteiger partial charge in [-0.1, -0.05) is 24.3 Å². The van der Waals surface area contributed by atoms with E-state index in [1.165, 1.54) is 6.33 Å². The number of rotatable bonds is 5. The molecule has 0 amide bonds. The Morgan fingerprint density at radius 2 is 2.05 bits per heavy atom. The minimum atomic E-state index is -0.997. The van der Waals surface area contributed by atoms with E-state index in [0.29, 0.717) is 6.42 Å². The van der Waals surface area contributed by atoms with Crippen molar-refractivity contribution in [3.05, 3.63) is 42.2 Å². The topological polar surface area (TPSA) is 101 Å². The van der Waals surface area contributed by atoms with Crippen molar-refractivity contribution in [1.29, 1.82) is 0 Å². The number of carboxylic acids is 1. The minimum absolute atomic E-state index is 0.307. The third-order valence-electron chi connectivity index (χ3n) is 2.95. The first-order valence-corrected chi connectivity index (χ1v) is 6.17. The molecule has 6 heteroatoms. The third-order valence-corrected chi connectivity index (χ3v) is 2.95. The van der Waals surface area contributed by atoms with Crippen LogP contribution in [0.2, 0.25) is 0 Å². The Bertz CT molecular complexity index is 598. The van der Waals surface area contributed by atoms with Gasteiger partial charge in [0.2, 0.25) is 0 Å². The van der Waals surface area contributed by atoms with Gasteiger partial charge in [0.25, 0.3) is 0 Å². The molecule has 0 fully saturated rings. The Hall–Kier alpha value is -2.47. The van der Waals surface area contributed by atoms with Crippen molar-refractivity contribution in [3.63, 3.8) is 0 Å². The first-order valence-electron chi connectivity index (χ1n) is 6.17. The zero-order valence-corrected chi connectivity index (χ0v) is 11.1. The van der Waals surface area contributed by atoms with Crippen molar-refractivity contribution in [3.8, 4) is 11.3 Å². The largest absolute Gasteiger partial charge is 0.480 e. The Balaban J connectivity index is 2.17. The molecule has 104 valence electrons. The number of hydrogen-bond donors (Lipinski definition) is 3. The number of aliphatic carboxylic acids is 1. The van der Waals surface area contributed by atoms with Gasteiger partial charge in [0.05, 0.1) is 5.69 Å². The monoisotopic (exact) mass is 272 g/mol. The first-order chi connectivity index (χ1) is 9.60. The van der Waals surface area contributed by atoms with Crippen LogP contribution in [-0.2, 0) is 11.2 Å². The summed E-state index contributed by atoms with van der Waals surface area (Å²) in [4.78, 5) is 19.0. The lowest BCUT2D eigenvalue weighted by atomic mass is 10.0. The van der Waals surface area contributed by atoms with Crippen LogP contribution in [0.15, 0.2) is 36.7 Å². The normalized spacial score (nSPS) is 11.9. The van der Waals surface area contributed by atoms with E-state index >= 15 is 0 Å². The molecule has 2 aromatic rings. The average molecular weight is 272 g/mol. The summed E-state index contributed by atoms with van der Waals surface area (Å²) < 4.78 is 0. The second-order valence-electron chi connectivity index (χ2n) is 4.38. The van der Waals surface area contributed by atoms with Crippen molar-refractivity contribution >= 4 is 11.8 Å². The van der Waals surface area contributed by atoms with Crippen molar-refractivity contribution < 1.29 is 9.90 Å². The molecule has 1 aromatic heterocycles. The number of nitrogens with two attached hydrogens (primary N) is 1. The van der Waals surface area contributed by atoms with Crippen LogP contribution in [0.1, 0.15) is 5.56 Å². The minimum Gasteiger partial charge on any atom is -0.480 e. The molecule has 0 saturated carbocycles. The van der Waals surface area contributed by atoms with Crippen LogP contribution in [0.4, 0.5) is 5.82 Å². The highest BCUT2D eigenvalue weighted by molar-refractivity contribution is 5.73. The van der Waals surface area contributed by atoms with Gasteiger partial charge in [-0.25, -0.2) is 9.97 Å². The lowest BCUT2D eigenvalue weighted by molar-refractivity contribution is -0.138. The second kappa shape index (κ2) is 6.12. The summed E-state index contributed by atoms with van der Waals surface area (Å²) in [6.07, 6.45) is 1.80. The van der Waals surface area contributed by atoms with Gasteiger partial charge in [-0.3, -0.25) is 4.79 Å². The van der Waals surface area contributed by atoms with Crippen molar-refractivity contribution in [2.24, 2.45) is 5.73 Å². The summed E-state index contributed by atoms with van der Waals surface area (Å²) in [5.74, 6) is -0.254. The number of nitrogens with one attached hydrogen (secondary N) is 1. The highest BCUT2D eigenvalue weighted by atomic mass is 16.4. The summed E-state index contributed by atoms with van der Waals surface area (Å²) in [7, 11) is 1.79. The summed E-state index contributed by atoms with van der Waals surface area (Å²) in [5, 5.41) is 11.7.